The predicted molar refractivity (Wildman–Crippen MR) is 90.4 cm³/mol. The van der Waals surface area contributed by atoms with Crippen LogP contribution in [0.1, 0.15) is 11.8 Å². The molecule has 0 aliphatic heterocycles. The minimum absolute atomic E-state index is 0.0160. The van der Waals surface area contributed by atoms with E-state index in [4.69, 9.17) is 0 Å². The summed E-state index contributed by atoms with van der Waals surface area (Å²) < 4.78 is 22.7. The molecule has 0 radical (unpaired) electrons. The van der Waals surface area contributed by atoms with Crippen molar-refractivity contribution in [2.24, 2.45) is 0 Å². The third-order valence-electron chi connectivity index (χ3n) is 3.46. The molecular formula is C16H21NO2S2. The molecule has 3 nitrogen and oxygen atoms in total. The van der Waals surface area contributed by atoms with Crippen molar-refractivity contribution < 1.29 is 8.42 Å². The van der Waals surface area contributed by atoms with E-state index >= 15 is 0 Å². The Bertz CT molecular complexity index is 677. The van der Waals surface area contributed by atoms with Gasteiger partial charge in [0.05, 0.1) is 5.75 Å². The van der Waals surface area contributed by atoms with Gasteiger partial charge in [-0.15, -0.1) is 11.3 Å². The molecule has 0 saturated carbocycles. The molecule has 0 aliphatic rings. The van der Waals surface area contributed by atoms with E-state index in [1.54, 1.807) is 11.3 Å². The second-order valence-corrected chi connectivity index (χ2v) is 8.70. The van der Waals surface area contributed by atoms with Gasteiger partial charge in [-0.3, -0.25) is 4.90 Å². The lowest BCUT2D eigenvalue weighted by molar-refractivity contribution is 0.269. The summed E-state index contributed by atoms with van der Waals surface area (Å²) in [5, 5.41) is 2.15. The summed E-state index contributed by atoms with van der Waals surface area (Å²) in [7, 11) is -0.967. The first kappa shape index (κ1) is 16.2. The van der Waals surface area contributed by atoms with E-state index < -0.39 is 9.84 Å². The van der Waals surface area contributed by atoms with Crippen LogP contribution in [0.5, 0.6) is 0 Å². The van der Waals surface area contributed by atoms with Gasteiger partial charge in [-0.25, -0.2) is 8.42 Å². The van der Waals surface area contributed by atoms with Crippen molar-refractivity contribution in [3.8, 4) is 11.1 Å². The molecule has 1 unspecified atom stereocenters. The SMILES string of the molecule is CC(CS(C)(=O)=O)N(C)Cc1cc(-c2ccccc2)cs1. The Morgan fingerprint density at radius 3 is 2.48 bits per heavy atom. The molecule has 2 aromatic rings. The lowest BCUT2D eigenvalue weighted by atomic mass is 10.1. The molecule has 114 valence electrons. The van der Waals surface area contributed by atoms with Crippen molar-refractivity contribution in [1.29, 1.82) is 0 Å². The van der Waals surface area contributed by atoms with Crippen molar-refractivity contribution in [1.82, 2.24) is 4.90 Å². The third kappa shape index (κ3) is 4.95. The van der Waals surface area contributed by atoms with Crippen molar-refractivity contribution >= 4 is 21.2 Å². The highest BCUT2D eigenvalue weighted by Gasteiger charge is 2.16. The van der Waals surface area contributed by atoms with Crippen molar-refractivity contribution in [3.63, 3.8) is 0 Å². The minimum Gasteiger partial charge on any atom is -0.298 e. The van der Waals surface area contributed by atoms with E-state index in [0.717, 1.165) is 6.54 Å². The average Bonchev–Trinajstić information content (AvgIpc) is 2.86. The molecule has 0 aliphatic carbocycles. The molecular weight excluding hydrogens is 302 g/mol. The third-order valence-corrected chi connectivity index (χ3v) is 5.47. The maximum atomic E-state index is 11.4. The van der Waals surface area contributed by atoms with Crippen LogP contribution in [0.4, 0.5) is 0 Å². The van der Waals surface area contributed by atoms with Crippen LogP contribution in [-0.2, 0) is 16.4 Å². The largest absolute Gasteiger partial charge is 0.298 e. The van der Waals surface area contributed by atoms with Gasteiger partial charge in [0.15, 0.2) is 0 Å². The Morgan fingerprint density at radius 1 is 1.19 bits per heavy atom. The molecule has 5 heteroatoms. The number of thiophene rings is 1. The van der Waals surface area contributed by atoms with Crippen LogP contribution < -0.4 is 0 Å². The molecule has 0 amide bonds. The van der Waals surface area contributed by atoms with E-state index in [1.807, 2.05) is 32.2 Å². The summed E-state index contributed by atoms with van der Waals surface area (Å²) in [5.41, 5.74) is 2.44. The second kappa shape index (κ2) is 6.73. The van der Waals surface area contributed by atoms with Crippen molar-refractivity contribution in [2.75, 3.05) is 19.1 Å². The highest BCUT2D eigenvalue weighted by molar-refractivity contribution is 7.90. The fourth-order valence-corrected chi connectivity index (χ4v) is 4.30. The molecule has 21 heavy (non-hydrogen) atoms. The molecule has 0 N–H and O–H groups in total. The molecule has 0 saturated heterocycles. The fraction of sp³-hybridized carbons (Fsp3) is 0.375. The smallest absolute Gasteiger partial charge is 0.148 e. The molecule has 1 aromatic heterocycles. The number of nitrogens with zero attached hydrogens (tertiary/aromatic N) is 1. The summed E-state index contributed by atoms with van der Waals surface area (Å²) in [6.45, 7) is 2.72. The van der Waals surface area contributed by atoms with Crippen LogP contribution >= 0.6 is 11.3 Å². The van der Waals surface area contributed by atoms with E-state index in [0.29, 0.717) is 0 Å². The normalized spacial score (nSPS) is 13.5. The zero-order valence-electron chi connectivity index (χ0n) is 12.6. The van der Waals surface area contributed by atoms with Crippen molar-refractivity contribution in [3.05, 3.63) is 46.7 Å². The topological polar surface area (TPSA) is 37.4 Å². The summed E-state index contributed by atoms with van der Waals surface area (Å²) in [6.07, 6.45) is 1.29. The Balaban J connectivity index is 2.02. The van der Waals surface area contributed by atoms with E-state index in [-0.39, 0.29) is 11.8 Å². The van der Waals surface area contributed by atoms with Crippen LogP contribution in [0.15, 0.2) is 41.8 Å². The predicted octanol–water partition coefficient (Wildman–Crippen LogP) is 3.28. The fourth-order valence-electron chi connectivity index (χ4n) is 2.21. The van der Waals surface area contributed by atoms with Gasteiger partial charge in [0.1, 0.15) is 9.84 Å². The van der Waals surface area contributed by atoms with Crippen LogP contribution in [0.3, 0.4) is 0 Å². The standard InChI is InChI=1S/C16H21NO2S2/c1-13(12-21(3,18)19)17(2)10-16-9-15(11-20-16)14-7-5-4-6-8-14/h4-9,11,13H,10,12H2,1-3H3. The Labute approximate surface area is 131 Å². The first-order valence-corrected chi connectivity index (χ1v) is 9.80. The Hall–Kier alpha value is -1.17. The monoisotopic (exact) mass is 323 g/mol. The summed E-state index contributed by atoms with van der Waals surface area (Å²) in [6, 6.07) is 12.5. The summed E-state index contributed by atoms with van der Waals surface area (Å²) in [5.74, 6) is 0.195. The van der Waals surface area contributed by atoms with E-state index in [2.05, 4.69) is 28.5 Å². The highest BCUT2D eigenvalue weighted by atomic mass is 32.2. The summed E-state index contributed by atoms with van der Waals surface area (Å²) in [4.78, 5) is 3.33. The summed E-state index contributed by atoms with van der Waals surface area (Å²) >= 11 is 1.72. The molecule has 1 aromatic carbocycles. The molecule has 0 bridgehead atoms. The average molecular weight is 323 g/mol. The first-order valence-electron chi connectivity index (χ1n) is 6.86. The molecule has 0 fully saturated rings. The van der Waals surface area contributed by atoms with Gasteiger partial charge < -0.3 is 0 Å². The van der Waals surface area contributed by atoms with Gasteiger partial charge >= 0.3 is 0 Å². The first-order chi connectivity index (χ1) is 9.85. The number of sulfone groups is 1. The van der Waals surface area contributed by atoms with Gasteiger partial charge in [0.25, 0.3) is 0 Å². The zero-order valence-corrected chi connectivity index (χ0v) is 14.2. The second-order valence-electron chi connectivity index (χ2n) is 5.52. The van der Waals surface area contributed by atoms with E-state index in [1.165, 1.54) is 22.3 Å². The van der Waals surface area contributed by atoms with Crippen LogP contribution in [0, 0.1) is 0 Å². The van der Waals surface area contributed by atoms with E-state index in [9.17, 15) is 8.42 Å². The minimum atomic E-state index is -2.94. The molecule has 0 spiro atoms. The number of hydrogen-bond donors (Lipinski definition) is 0. The maximum absolute atomic E-state index is 11.4. The van der Waals surface area contributed by atoms with Gasteiger partial charge in [0.2, 0.25) is 0 Å². The number of benzene rings is 1. The van der Waals surface area contributed by atoms with Gasteiger partial charge in [0, 0.05) is 23.7 Å². The number of rotatable bonds is 6. The Kier molecular flexibility index (Phi) is 5.19. The lowest BCUT2D eigenvalue weighted by Crippen LogP contribution is -2.34. The highest BCUT2D eigenvalue weighted by Crippen LogP contribution is 2.26. The van der Waals surface area contributed by atoms with Crippen LogP contribution in [-0.4, -0.2) is 38.4 Å². The molecule has 1 atom stereocenters. The molecule has 1 heterocycles. The van der Waals surface area contributed by atoms with Gasteiger partial charge in [-0.2, -0.15) is 0 Å². The maximum Gasteiger partial charge on any atom is 0.148 e. The van der Waals surface area contributed by atoms with Crippen LogP contribution in [0.2, 0.25) is 0 Å². The van der Waals surface area contributed by atoms with Crippen LogP contribution in [0.25, 0.3) is 11.1 Å². The van der Waals surface area contributed by atoms with Gasteiger partial charge in [-0.05, 0) is 36.5 Å². The quantitative estimate of drug-likeness (QED) is 0.819. The van der Waals surface area contributed by atoms with Crippen molar-refractivity contribution in [2.45, 2.75) is 19.5 Å². The Morgan fingerprint density at radius 2 is 1.86 bits per heavy atom. The van der Waals surface area contributed by atoms with Gasteiger partial charge in [-0.1, -0.05) is 30.3 Å². The number of hydrogen-bond acceptors (Lipinski definition) is 4. The zero-order chi connectivity index (χ0) is 15.5. The molecule has 2 rings (SSSR count). The lowest BCUT2D eigenvalue weighted by Gasteiger charge is -2.23.